The molecule has 0 atom stereocenters. The van der Waals surface area contributed by atoms with E-state index in [1.807, 2.05) is 0 Å². The standard InChI is InChI=1S/C16H14F4N2O2/c17-11-7-9-6-10(15(23)24)14(21-13(9)8-12(11)18)22-4-1-2-16(19,20)3-5-22/h6-8H,1-5H2,(H,23,24). The summed E-state index contributed by atoms with van der Waals surface area (Å²) in [6, 6.07) is 2.92. The van der Waals surface area contributed by atoms with E-state index in [1.165, 1.54) is 11.0 Å². The number of aromatic carboxylic acids is 1. The normalized spacial score (nSPS) is 17.8. The molecule has 1 aliphatic rings. The Morgan fingerprint density at radius 3 is 2.54 bits per heavy atom. The third-order valence-corrected chi connectivity index (χ3v) is 4.08. The third-order valence-electron chi connectivity index (χ3n) is 4.08. The number of fused-ring (bicyclic) bond motifs is 1. The van der Waals surface area contributed by atoms with Crippen molar-refractivity contribution in [1.29, 1.82) is 0 Å². The van der Waals surface area contributed by atoms with Gasteiger partial charge < -0.3 is 10.0 Å². The monoisotopic (exact) mass is 342 g/mol. The maximum Gasteiger partial charge on any atom is 0.339 e. The summed E-state index contributed by atoms with van der Waals surface area (Å²) < 4.78 is 53.8. The van der Waals surface area contributed by atoms with E-state index < -0.39 is 29.9 Å². The number of carboxylic acid groups (broad SMARTS) is 1. The second-order valence-corrected chi connectivity index (χ2v) is 5.82. The Hall–Kier alpha value is -2.38. The fourth-order valence-electron chi connectivity index (χ4n) is 2.83. The van der Waals surface area contributed by atoms with Gasteiger partial charge in [-0.15, -0.1) is 0 Å². The molecule has 1 fully saturated rings. The van der Waals surface area contributed by atoms with Crippen molar-refractivity contribution in [2.24, 2.45) is 0 Å². The summed E-state index contributed by atoms with van der Waals surface area (Å²) in [5.74, 6) is -6.32. The van der Waals surface area contributed by atoms with Crippen LogP contribution in [0.3, 0.4) is 0 Å². The number of carbonyl (C=O) groups is 1. The van der Waals surface area contributed by atoms with Gasteiger partial charge in [-0.3, -0.25) is 0 Å². The Balaban J connectivity index is 2.09. The first-order chi connectivity index (χ1) is 11.3. The summed E-state index contributed by atoms with van der Waals surface area (Å²) in [6.45, 7) is 0.160. The van der Waals surface area contributed by atoms with Crippen LogP contribution in [0.4, 0.5) is 23.4 Å². The minimum atomic E-state index is -2.80. The van der Waals surface area contributed by atoms with Crippen LogP contribution in [0.1, 0.15) is 29.6 Å². The first-order valence-corrected chi connectivity index (χ1v) is 7.43. The average molecular weight is 342 g/mol. The van der Waals surface area contributed by atoms with Gasteiger partial charge in [-0.05, 0) is 18.6 Å². The Bertz CT molecular complexity index is 810. The highest BCUT2D eigenvalue weighted by Gasteiger charge is 2.33. The van der Waals surface area contributed by atoms with Gasteiger partial charge in [0.2, 0.25) is 5.92 Å². The van der Waals surface area contributed by atoms with Crippen LogP contribution < -0.4 is 4.90 Å². The number of alkyl halides is 2. The van der Waals surface area contributed by atoms with Crippen molar-refractivity contribution in [3.8, 4) is 0 Å². The highest BCUT2D eigenvalue weighted by Crippen LogP contribution is 2.32. The number of hydrogen-bond acceptors (Lipinski definition) is 3. The number of nitrogens with zero attached hydrogens (tertiary/aromatic N) is 2. The number of hydrogen-bond donors (Lipinski definition) is 1. The van der Waals surface area contributed by atoms with Crippen LogP contribution in [0.2, 0.25) is 0 Å². The zero-order valence-electron chi connectivity index (χ0n) is 12.5. The van der Waals surface area contributed by atoms with Crippen molar-refractivity contribution in [2.45, 2.75) is 25.2 Å². The molecular formula is C16H14F4N2O2. The zero-order valence-corrected chi connectivity index (χ0v) is 12.5. The summed E-state index contributed by atoms with van der Waals surface area (Å²) in [5.41, 5.74) is -0.149. The molecular weight excluding hydrogens is 328 g/mol. The van der Waals surface area contributed by atoms with Crippen molar-refractivity contribution in [2.75, 3.05) is 18.0 Å². The van der Waals surface area contributed by atoms with Crippen LogP contribution in [0.5, 0.6) is 0 Å². The molecule has 1 aliphatic heterocycles. The maximum atomic E-state index is 13.5. The van der Waals surface area contributed by atoms with Crippen LogP contribution in [0.15, 0.2) is 18.2 Å². The fraction of sp³-hybridized carbons (Fsp3) is 0.375. The molecule has 24 heavy (non-hydrogen) atoms. The van der Waals surface area contributed by atoms with Crippen molar-refractivity contribution in [3.63, 3.8) is 0 Å². The molecule has 1 saturated heterocycles. The summed E-state index contributed by atoms with van der Waals surface area (Å²) in [4.78, 5) is 17.1. The molecule has 2 heterocycles. The van der Waals surface area contributed by atoms with Crippen LogP contribution in [-0.2, 0) is 0 Å². The summed E-state index contributed by atoms with van der Waals surface area (Å²) in [5, 5.41) is 9.50. The lowest BCUT2D eigenvalue weighted by Gasteiger charge is -2.23. The lowest BCUT2D eigenvalue weighted by Crippen LogP contribution is -2.28. The molecule has 0 saturated carbocycles. The zero-order chi connectivity index (χ0) is 17.5. The number of rotatable bonds is 2. The second kappa shape index (κ2) is 5.92. The molecule has 2 aromatic rings. The number of carboxylic acids is 1. The smallest absolute Gasteiger partial charge is 0.339 e. The van der Waals surface area contributed by atoms with Gasteiger partial charge in [0.15, 0.2) is 11.6 Å². The lowest BCUT2D eigenvalue weighted by molar-refractivity contribution is -0.0102. The van der Waals surface area contributed by atoms with Gasteiger partial charge in [0, 0.05) is 37.4 Å². The molecule has 0 unspecified atom stereocenters. The number of aromatic nitrogens is 1. The molecule has 1 aromatic heterocycles. The van der Waals surface area contributed by atoms with E-state index in [1.54, 1.807) is 0 Å². The van der Waals surface area contributed by atoms with Gasteiger partial charge >= 0.3 is 5.97 Å². The van der Waals surface area contributed by atoms with Gasteiger partial charge in [-0.2, -0.15) is 0 Å². The Labute approximate surface area is 134 Å². The van der Waals surface area contributed by atoms with E-state index in [0.717, 1.165) is 12.1 Å². The highest BCUT2D eigenvalue weighted by atomic mass is 19.3. The summed E-state index contributed by atoms with van der Waals surface area (Å²) in [7, 11) is 0. The fourth-order valence-corrected chi connectivity index (χ4v) is 2.83. The largest absolute Gasteiger partial charge is 0.478 e. The maximum absolute atomic E-state index is 13.5. The Morgan fingerprint density at radius 2 is 1.83 bits per heavy atom. The minimum Gasteiger partial charge on any atom is -0.478 e. The SMILES string of the molecule is O=C(O)c1cc2cc(F)c(F)cc2nc1N1CCCC(F)(F)CC1. The van der Waals surface area contributed by atoms with E-state index in [2.05, 4.69) is 4.98 Å². The molecule has 0 radical (unpaired) electrons. The third kappa shape index (κ3) is 3.13. The number of anilines is 1. The van der Waals surface area contributed by atoms with Crippen molar-refractivity contribution < 1.29 is 27.5 Å². The Kier molecular flexibility index (Phi) is 4.06. The number of pyridine rings is 1. The summed E-state index contributed by atoms with van der Waals surface area (Å²) >= 11 is 0. The molecule has 0 aliphatic carbocycles. The van der Waals surface area contributed by atoms with Gasteiger partial charge in [0.1, 0.15) is 11.4 Å². The predicted octanol–water partition coefficient (Wildman–Crippen LogP) is 3.84. The minimum absolute atomic E-state index is 0.00120. The summed E-state index contributed by atoms with van der Waals surface area (Å²) in [6.07, 6.45) is -0.508. The van der Waals surface area contributed by atoms with Crippen LogP contribution in [0.25, 0.3) is 10.9 Å². The van der Waals surface area contributed by atoms with E-state index in [4.69, 9.17) is 0 Å². The molecule has 1 N–H and O–H groups in total. The first kappa shape index (κ1) is 16.5. The predicted molar refractivity (Wildman–Crippen MR) is 79.6 cm³/mol. The molecule has 3 rings (SSSR count). The number of benzene rings is 1. The van der Waals surface area contributed by atoms with E-state index in [9.17, 15) is 27.5 Å². The number of halogens is 4. The second-order valence-electron chi connectivity index (χ2n) is 5.82. The van der Waals surface area contributed by atoms with Gasteiger partial charge in [0.25, 0.3) is 0 Å². The highest BCUT2D eigenvalue weighted by molar-refractivity contribution is 5.98. The molecule has 0 amide bonds. The topological polar surface area (TPSA) is 53.4 Å². The van der Waals surface area contributed by atoms with E-state index >= 15 is 0 Å². The lowest BCUT2D eigenvalue weighted by atomic mass is 10.1. The van der Waals surface area contributed by atoms with Crippen molar-refractivity contribution in [3.05, 3.63) is 35.4 Å². The van der Waals surface area contributed by atoms with Crippen LogP contribution >= 0.6 is 0 Å². The molecule has 0 spiro atoms. The van der Waals surface area contributed by atoms with Gasteiger partial charge in [-0.1, -0.05) is 0 Å². The average Bonchev–Trinajstić information content (AvgIpc) is 2.68. The van der Waals surface area contributed by atoms with Gasteiger partial charge in [-0.25, -0.2) is 27.3 Å². The van der Waals surface area contributed by atoms with Crippen LogP contribution in [-0.4, -0.2) is 35.1 Å². The van der Waals surface area contributed by atoms with E-state index in [0.29, 0.717) is 0 Å². The van der Waals surface area contributed by atoms with Crippen LogP contribution in [0, 0.1) is 11.6 Å². The van der Waals surface area contributed by atoms with Crippen molar-refractivity contribution in [1.82, 2.24) is 4.98 Å². The molecule has 128 valence electrons. The quantitative estimate of drug-likeness (QED) is 0.843. The Morgan fingerprint density at radius 1 is 1.12 bits per heavy atom. The molecule has 4 nitrogen and oxygen atoms in total. The molecule has 1 aromatic carbocycles. The first-order valence-electron chi connectivity index (χ1n) is 7.43. The molecule has 8 heteroatoms. The van der Waals surface area contributed by atoms with E-state index in [-0.39, 0.29) is 48.2 Å². The van der Waals surface area contributed by atoms with Crippen molar-refractivity contribution >= 4 is 22.7 Å². The molecule has 0 bridgehead atoms. The van der Waals surface area contributed by atoms with Gasteiger partial charge in [0.05, 0.1) is 5.52 Å².